The molecule has 7 heteroatoms. The number of hydrogen-bond acceptors (Lipinski definition) is 4. The monoisotopic (exact) mass is 355 g/mol. The van der Waals surface area contributed by atoms with E-state index < -0.39 is 5.92 Å². The van der Waals surface area contributed by atoms with Crippen LogP contribution in [0.1, 0.15) is 12.0 Å². The first kappa shape index (κ1) is 17.6. The minimum Gasteiger partial charge on any atom is -0.497 e. The van der Waals surface area contributed by atoms with Crippen LogP contribution in [0.2, 0.25) is 0 Å². The van der Waals surface area contributed by atoms with Crippen LogP contribution in [-0.4, -0.2) is 31.7 Å². The molecular formula is C19H18FN3O3. The molecule has 1 saturated heterocycles. The highest BCUT2D eigenvalue weighted by atomic mass is 19.1. The normalized spacial score (nSPS) is 16.9. The van der Waals surface area contributed by atoms with E-state index in [1.165, 1.54) is 18.3 Å². The Labute approximate surface area is 150 Å². The average molecular weight is 355 g/mol. The summed E-state index contributed by atoms with van der Waals surface area (Å²) in [6, 6.07) is 12.8. The predicted molar refractivity (Wildman–Crippen MR) is 95.6 cm³/mol. The Balaban J connectivity index is 1.58. The predicted octanol–water partition coefficient (Wildman–Crippen LogP) is 2.34. The van der Waals surface area contributed by atoms with E-state index in [0.29, 0.717) is 17.9 Å². The summed E-state index contributed by atoms with van der Waals surface area (Å²) in [5.74, 6) is -0.556. The van der Waals surface area contributed by atoms with Crippen molar-refractivity contribution in [2.24, 2.45) is 11.0 Å². The lowest BCUT2D eigenvalue weighted by atomic mass is 10.1. The van der Waals surface area contributed by atoms with Crippen LogP contribution in [0, 0.1) is 11.7 Å². The Hall–Kier alpha value is -3.22. The molecule has 0 aliphatic carbocycles. The molecule has 1 heterocycles. The van der Waals surface area contributed by atoms with Crippen LogP contribution in [0.15, 0.2) is 53.6 Å². The standard InChI is InChI=1S/C19H18FN3O3/c1-26-17-8-6-16(7-9-17)23-12-14(10-18(23)24)19(25)22-21-11-13-2-4-15(20)5-3-13/h2-9,11,14H,10,12H2,1H3,(H,22,25)/b21-11-/t14-/m1/s1. The molecule has 3 rings (SSSR count). The van der Waals surface area contributed by atoms with Crippen molar-refractivity contribution in [3.63, 3.8) is 0 Å². The zero-order valence-corrected chi connectivity index (χ0v) is 14.2. The van der Waals surface area contributed by atoms with Gasteiger partial charge in [-0.05, 0) is 42.0 Å². The van der Waals surface area contributed by atoms with Crippen molar-refractivity contribution in [3.8, 4) is 5.75 Å². The van der Waals surface area contributed by atoms with Gasteiger partial charge in [-0.2, -0.15) is 5.10 Å². The number of nitrogens with one attached hydrogen (secondary N) is 1. The molecule has 0 spiro atoms. The lowest BCUT2D eigenvalue weighted by molar-refractivity contribution is -0.126. The molecular weight excluding hydrogens is 337 g/mol. The second-order valence-electron chi connectivity index (χ2n) is 5.89. The number of methoxy groups -OCH3 is 1. The largest absolute Gasteiger partial charge is 0.497 e. The van der Waals surface area contributed by atoms with E-state index in [2.05, 4.69) is 10.5 Å². The van der Waals surface area contributed by atoms with Gasteiger partial charge in [-0.1, -0.05) is 12.1 Å². The minimum atomic E-state index is -0.477. The lowest BCUT2D eigenvalue weighted by Crippen LogP contribution is -2.30. The maximum absolute atomic E-state index is 12.8. The first-order valence-corrected chi connectivity index (χ1v) is 8.09. The molecule has 26 heavy (non-hydrogen) atoms. The molecule has 0 bridgehead atoms. The third-order valence-electron chi connectivity index (χ3n) is 4.14. The smallest absolute Gasteiger partial charge is 0.245 e. The molecule has 2 aromatic carbocycles. The van der Waals surface area contributed by atoms with Crippen LogP contribution in [0.3, 0.4) is 0 Å². The molecule has 2 amide bonds. The van der Waals surface area contributed by atoms with Crippen LogP contribution in [0.5, 0.6) is 5.75 Å². The fourth-order valence-electron chi connectivity index (χ4n) is 2.71. The Morgan fingerprint density at radius 1 is 1.23 bits per heavy atom. The molecule has 134 valence electrons. The molecule has 0 unspecified atom stereocenters. The number of halogens is 1. The van der Waals surface area contributed by atoms with Gasteiger partial charge in [0, 0.05) is 18.7 Å². The molecule has 1 aliphatic heterocycles. The van der Waals surface area contributed by atoms with Crippen molar-refractivity contribution in [2.45, 2.75) is 6.42 Å². The summed E-state index contributed by atoms with van der Waals surface area (Å²) in [7, 11) is 1.57. The van der Waals surface area contributed by atoms with Gasteiger partial charge in [0.1, 0.15) is 11.6 Å². The van der Waals surface area contributed by atoms with Gasteiger partial charge >= 0.3 is 0 Å². The number of carbonyl (C=O) groups is 2. The highest BCUT2D eigenvalue weighted by molar-refractivity contribution is 6.00. The number of nitrogens with zero attached hydrogens (tertiary/aromatic N) is 2. The number of hydrazone groups is 1. The van der Waals surface area contributed by atoms with E-state index in [0.717, 1.165) is 5.69 Å². The van der Waals surface area contributed by atoms with Gasteiger partial charge in [-0.3, -0.25) is 9.59 Å². The third kappa shape index (κ3) is 4.05. The summed E-state index contributed by atoms with van der Waals surface area (Å²) >= 11 is 0. The molecule has 0 radical (unpaired) electrons. The molecule has 1 N–H and O–H groups in total. The highest BCUT2D eigenvalue weighted by Crippen LogP contribution is 2.26. The summed E-state index contributed by atoms with van der Waals surface area (Å²) in [5.41, 5.74) is 3.82. The van der Waals surface area contributed by atoms with Crippen molar-refractivity contribution in [1.29, 1.82) is 0 Å². The van der Waals surface area contributed by atoms with Crippen LogP contribution in [0.4, 0.5) is 10.1 Å². The Bertz CT molecular complexity index is 819. The number of ether oxygens (including phenoxy) is 1. The number of rotatable bonds is 5. The first-order chi connectivity index (χ1) is 12.6. The van der Waals surface area contributed by atoms with Gasteiger partial charge in [0.25, 0.3) is 0 Å². The number of carbonyl (C=O) groups excluding carboxylic acids is 2. The molecule has 1 fully saturated rings. The Kier molecular flexibility index (Phi) is 5.26. The van der Waals surface area contributed by atoms with Crippen molar-refractivity contribution in [1.82, 2.24) is 5.43 Å². The van der Waals surface area contributed by atoms with Crippen LogP contribution < -0.4 is 15.1 Å². The van der Waals surface area contributed by atoms with Crippen molar-refractivity contribution >= 4 is 23.7 Å². The van der Waals surface area contributed by atoms with Crippen molar-refractivity contribution in [2.75, 3.05) is 18.6 Å². The number of amides is 2. The second-order valence-corrected chi connectivity index (χ2v) is 5.89. The summed E-state index contributed by atoms with van der Waals surface area (Å²) in [5, 5.41) is 3.87. The van der Waals surface area contributed by atoms with E-state index in [4.69, 9.17) is 4.74 Å². The van der Waals surface area contributed by atoms with E-state index >= 15 is 0 Å². The van der Waals surface area contributed by atoms with Gasteiger partial charge < -0.3 is 9.64 Å². The van der Waals surface area contributed by atoms with E-state index in [-0.39, 0.29) is 24.1 Å². The van der Waals surface area contributed by atoms with Crippen molar-refractivity contribution < 1.29 is 18.7 Å². The highest BCUT2D eigenvalue weighted by Gasteiger charge is 2.35. The molecule has 0 saturated carbocycles. The molecule has 6 nitrogen and oxygen atoms in total. The third-order valence-corrected chi connectivity index (χ3v) is 4.14. The molecule has 0 aromatic heterocycles. The molecule has 1 aliphatic rings. The zero-order valence-electron chi connectivity index (χ0n) is 14.2. The van der Waals surface area contributed by atoms with Gasteiger partial charge in [0.05, 0.1) is 19.2 Å². The average Bonchev–Trinajstić information content (AvgIpc) is 3.05. The van der Waals surface area contributed by atoms with Crippen LogP contribution in [-0.2, 0) is 9.59 Å². The van der Waals surface area contributed by atoms with Gasteiger partial charge in [0.15, 0.2) is 0 Å². The van der Waals surface area contributed by atoms with Crippen LogP contribution in [0.25, 0.3) is 0 Å². The van der Waals surface area contributed by atoms with E-state index in [1.807, 2.05) is 0 Å². The summed E-state index contributed by atoms with van der Waals surface area (Å²) in [6.07, 6.45) is 1.55. The lowest BCUT2D eigenvalue weighted by Gasteiger charge is -2.16. The topological polar surface area (TPSA) is 71.0 Å². The molecule has 1 atom stereocenters. The van der Waals surface area contributed by atoms with Crippen LogP contribution >= 0.6 is 0 Å². The van der Waals surface area contributed by atoms with Gasteiger partial charge in [-0.15, -0.1) is 0 Å². The number of anilines is 1. The summed E-state index contributed by atoms with van der Waals surface area (Å²) in [4.78, 5) is 26.0. The number of benzene rings is 2. The maximum atomic E-state index is 12.8. The first-order valence-electron chi connectivity index (χ1n) is 8.09. The molecule has 2 aromatic rings. The Morgan fingerprint density at radius 3 is 2.58 bits per heavy atom. The van der Waals surface area contributed by atoms with Gasteiger partial charge in [-0.25, -0.2) is 9.82 Å². The summed E-state index contributed by atoms with van der Waals surface area (Å²) in [6.45, 7) is 0.295. The quantitative estimate of drug-likeness (QED) is 0.661. The minimum absolute atomic E-state index is 0.113. The van der Waals surface area contributed by atoms with Gasteiger partial charge in [0.2, 0.25) is 11.8 Å². The zero-order chi connectivity index (χ0) is 18.5. The fraction of sp³-hybridized carbons (Fsp3) is 0.211. The fourth-order valence-corrected chi connectivity index (χ4v) is 2.71. The number of hydrogen-bond donors (Lipinski definition) is 1. The van der Waals surface area contributed by atoms with E-state index in [1.54, 1.807) is 48.4 Å². The van der Waals surface area contributed by atoms with Crippen molar-refractivity contribution in [3.05, 3.63) is 59.9 Å². The summed E-state index contributed by atoms with van der Waals surface area (Å²) < 4.78 is 17.9. The van der Waals surface area contributed by atoms with E-state index in [9.17, 15) is 14.0 Å². The Morgan fingerprint density at radius 2 is 1.92 bits per heavy atom. The maximum Gasteiger partial charge on any atom is 0.245 e. The second kappa shape index (κ2) is 7.77. The SMILES string of the molecule is COc1ccc(N2C[C@H](C(=O)N/N=C\c3ccc(F)cc3)CC2=O)cc1.